The third-order valence-electron chi connectivity index (χ3n) is 5.71. The van der Waals surface area contributed by atoms with Crippen molar-refractivity contribution in [3.05, 3.63) is 94.8 Å². The number of fused-ring (bicyclic) bond motifs is 1. The van der Waals surface area contributed by atoms with Crippen LogP contribution >= 0.6 is 11.3 Å². The second kappa shape index (κ2) is 8.39. The molecule has 1 N–H and O–H groups in total. The van der Waals surface area contributed by atoms with Crippen molar-refractivity contribution in [2.45, 2.75) is 13.0 Å². The highest BCUT2D eigenvalue weighted by Gasteiger charge is 2.48. The average Bonchev–Trinajstić information content (AvgIpc) is 3.37. The summed E-state index contributed by atoms with van der Waals surface area (Å²) in [6.45, 7) is 1.96. The zero-order valence-corrected chi connectivity index (χ0v) is 19.1. The summed E-state index contributed by atoms with van der Waals surface area (Å²) in [6, 6.07) is 16.8. The number of aliphatic hydroxyl groups excluding tert-OH is 1. The van der Waals surface area contributed by atoms with Crippen molar-refractivity contribution in [2.24, 2.45) is 0 Å². The first-order valence-electron chi connectivity index (χ1n) is 10.5. The van der Waals surface area contributed by atoms with Crippen LogP contribution in [0.15, 0.2) is 72.3 Å². The Bertz CT molecular complexity index is 1480. The van der Waals surface area contributed by atoms with Gasteiger partial charge in [0.15, 0.2) is 5.13 Å². The number of Topliss-reactive ketones (excluding diaryl/α,β-unsaturated/α-hetero) is 1. The number of hydrogen-bond acceptors (Lipinski definition) is 6. The van der Waals surface area contributed by atoms with Crippen LogP contribution in [-0.4, -0.2) is 28.9 Å². The van der Waals surface area contributed by atoms with Gasteiger partial charge in [-0.3, -0.25) is 14.5 Å². The lowest BCUT2D eigenvalue weighted by Crippen LogP contribution is -2.29. The summed E-state index contributed by atoms with van der Waals surface area (Å²) in [7, 11) is 1.52. The smallest absolute Gasteiger partial charge is 0.301 e. The monoisotopic (exact) mass is 474 g/mol. The first kappa shape index (κ1) is 21.8. The fourth-order valence-corrected chi connectivity index (χ4v) is 5.13. The summed E-state index contributed by atoms with van der Waals surface area (Å²) in [6.07, 6.45) is 0. The Morgan fingerprint density at radius 3 is 2.59 bits per heavy atom. The van der Waals surface area contributed by atoms with Gasteiger partial charge >= 0.3 is 5.91 Å². The van der Waals surface area contributed by atoms with Crippen molar-refractivity contribution in [1.82, 2.24) is 4.98 Å². The number of methoxy groups -OCH3 is 1. The second-order valence-electron chi connectivity index (χ2n) is 7.92. The molecule has 0 saturated carbocycles. The molecular formula is C26H19FN2O4S. The van der Waals surface area contributed by atoms with E-state index in [0.717, 1.165) is 10.3 Å². The van der Waals surface area contributed by atoms with Crippen molar-refractivity contribution in [3.8, 4) is 5.75 Å². The number of aromatic nitrogens is 1. The molecule has 4 aromatic rings. The van der Waals surface area contributed by atoms with Crippen molar-refractivity contribution >= 4 is 44.1 Å². The van der Waals surface area contributed by atoms with E-state index in [-0.39, 0.29) is 16.9 Å². The molecule has 1 fully saturated rings. The van der Waals surface area contributed by atoms with Crippen molar-refractivity contribution < 1.29 is 23.8 Å². The summed E-state index contributed by atoms with van der Waals surface area (Å²) in [4.78, 5) is 32.5. The van der Waals surface area contributed by atoms with Gasteiger partial charge in [0.25, 0.3) is 5.78 Å². The second-order valence-corrected chi connectivity index (χ2v) is 8.93. The molecule has 1 amide bonds. The first-order chi connectivity index (χ1) is 16.4. The van der Waals surface area contributed by atoms with E-state index in [1.165, 1.54) is 47.6 Å². The van der Waals surface area contributed by atoms with Crippen LogP contribution in [0.3, 0.4) is 0 Å². The van der Waals surface area contributed by atoms with Crippen LogP contribution in [0, 0.1) is 12.7 Å². The van der Waals surface area contributed by atoms with Gasteiger partial charge in [0.2, 0.25) is 0 Å². The van der Waals surface area contributed by atoms with Gasteiger partial charge in [-0.25, -0.2) is 9.37 Å². The van der Waals surface area contributed by atoms with Crippen LogP contribution in [0.2, 0.25) is 0 Å². The molecule has 3 aromatic carbocycles. The number of hydrogen-bond donors (Lipinski definition) is 1. The van der Waals surface area contributed by atoms with E-state index in [2.05, 4.69) is 4.98 Å². The molecule has 1 aromatic heterocycles. The zero-order chi connectivity index (χ0) is 24.0. The minimum Gasteiger partial charge on any atom is -0.507 e. The van der Waals surface area contributed by atoms with Crippen molar-refractivity contribution in [1.29, 1.82) is 0 Å². The topological polar surface area (TPSA) is 79.7 Å². The van der Waals surface area contributed by atoms with E-state index in [1.807, 2.05) is 25.1 Å². The van der Waals surface area contributed by atoms with Crippen LogP contribution in [0.25, 0.3) is 16.0 Å². The number of ketones is 1. The highest BCUT2D eigenvalue weighted by Crippen LogP contribution is 2.44. The van der Waals surface area contributed by atoms with Crippen molar-refractivity contribution in [3.63, 3.8) is 0 Å². The van der Waals surface area contributed by atoms with E-state index in [0.29, 0.717) is 22.0 Å². The molecule has 170 valence electrons. The van der Waals surface area contributed by atoms with Crippen molar-refractivity contribution in [2.75, 3.05) is 12.0 Å². The molecular weight excluding hydrogens is 455 g/mol. The maximum atomic E-state index is 13.5. The Morgan fingerprint density at radius 1 is 1.09 bits per heavy atom. The van der Waals surface area contributed by atoms with Crippen LogP contribution in [-0.2, 0) is 9.59 Å². The molecule has 1 aliphatic heterocycles. The Labute approximate surface area is 198 Å². The minimum atomic E-state index is -0.943. The van der Waals surface area contributed by atoms with Gasteiger partial charge in [-0.15, -0.1) is 0 Å². The molecule has 0 radical (unpaired) electrons. The molecule has 34 heavy (non-hydrogen) atoms. The largest absolute Gasteiger partial charge is 0.507 e. The number of aryl methyl sites for hydroxylation is 1. The minimum absolute atomic E-state index is 0.0969. The van der Waals surface area contributed by atoms with E-state index < -0.39 is 23.5 Å². The summed E-state index contributed by atoms with van der Waals surface area (Å²) in [5.74, 6) is -1.97. The third-order valence-corrected chi connectivity index (χ3v) is 6.73. The van der Waals surface area contributed by atoms with E-state index in [9.17, 15) is 19.1 Å². The lowest BCUT2D eigenvalue weighted by Gasteiger charge is -2.23. The highest BCUT2D eigenvalue weighted by molar-refractivity contribution is 7.22. The highest BCUT2D eigenvalue weighted by atomic mass is 32.1. The fraction of sp³-hybridized carbons (Fsp3) is 0.115. The molecule has 8 heteroatoms. The molecule has 1 saturated heterocycles. The summed E-state index contributed by atoms with van der Waals surface area (Å²) in [5, 5.41) is 11.4. The maximum Gasteiger partial charge on any atom is 0.301 e. The summed E-state index contributed by atoms with van der Waals surface area (Å²) >= 11 is 1.29. The molecule has 6 nitrogen and oxygen atoms in total. The van der Waals surface area contributed by atoms with E-state index >= 15 is 0 Å². The molecule has 1 atom stereocenters. The van der Waals surface area contributed by atoms with Gasteiger partial charge in [0.1, 0.15) is 17.3 Å². The lowest BCUT2D eigenvalue weighted by atomic mass is 9.95. The van der Waals surface area contributed by atoms with Gasteiger partial charge in [-0.05, 0) is 66.6 Å². The van der Waals surface area contributed by atoms with Crippen LogP contribution in [0.5, 0.6) is 5.75 Å². The van der Waals surface area contributed by atoms with E-state index in [4.69, 9.17) is 4.74 Å². The number of carbonyl (C=O) groups is 2. The molecule has 1 unspecified atom stereocenters. The summed E-state index contributed by atoms with van der Waals surface area (Å²) in [5.41, 5.74) is 2.45. The molecule has 1 aliphatic rings. The number of halogens is 1. The fourth-order valence-electron chi connectivity index (χ4n) is 4.04. The van der Waals surface area contributed by atoms with Gasteiger partial charge < -0.3 is 9.84 Å². The number of thiazole rings is 1. The van der Waals surface area contributed by atoms with Gasteiger partial charge in [0, 0.05) is 5.56 Å². The van der Waals surface area contributed by atoms with E-state index in [1.54, 1.807) is 24.3 Å². The quantitative estimate of drug-likeness (QED) is 0.244. The molecule has 5 rings (SSSR count). The number of nitrogens with zero attached hydrogens (tertiary/aromatic N) is 2. The molecule has 0 spiro atoms. The van der Waals surface area contributed by atoms with Crippen LogP contribution < -0.4 is 9.64 Å². The average molecular weight is 475 g/mol. The predicted octanol–water partition coefficient (Wildman–Crippen LogP) is 5.38. The number of rotatable bonds is 4. The number of amides is 1. The number of carbonyl (C=O) groups excluding carboxylic acids is 2. The third kappa shape index (κ3) is 3.62. The molecule has 2 heterocycles. The number of aliphatic hydroxyl groups is 1. The number of benzene rings is 3. The Morgan fingerprint density at radius 2 is 1.85 bits per heavy atom. The number of anilines is 1. The molecule has 0 aliphatic carbocycles. The van der Waals surface area contributed by atoms with Gasteiger partial charge in [-0.2, -0.15) is 0 Å². The Kier molecular flexibility index (Phi) is 5.37. The Balaban J connectivity index is 1.74. The van der Waals surface area contributed by atoms with Gasteiger partial charge in [-0.1, -0.05) is 29.5 Å². The predicted molar refractivity (Wildman–Crippen MR) is 129 cm³/mol. The van der Waals surface area contributed by atoms with Crippen LogP contribution in [0.1, 0.15) is 22.7 Å². The SMILES string of the molecule is COc1cccc(C2C(=C(O)c3ccc(F)cc3)C(=O)C(=O)N2c2nc3ccc(C)cc3s2)c1. The van der Waals surface area contributed by atoms with Crippen LogP contribution in [0.4, 0.5) is 9.52 Å². The molecule has 0 bridgehead atoms. The maximum absolute atomic E-state index is 13.5. The lowest BCUT2D eigenvalue weighted by molar-refractivity contribution is -0.132. The number of ether oxygens (including phenoxy) is 1. The zero-order valence-electron chi connectivity index (χ0n) is 18.3. The normalized spacial score (nSPS) is 17.5. The summed E-state index contributed by atoms with van der Waals surface area (Å²) < 4.78 is 19.7. The Hall–Kier alpha value is -4.04. The standard InChI is InChI=1S/C26H19FN2O4S/c1-14-6-11-19-20(12-14)34-26(28-19)29-22(16-4-3-5-18(13-16)33-2)21(24(31)25(29)32)23(30)15-7-9-17(27)10-8-15/h3-13,22,30H,1-2H3. The first-order valence-corrected chi connectivity index (χ1v) is 11.3. The van der Waals surface area contributed by atoms with Gasteiger partial charge in [0.05, 0.1) is 28.9 Å².